The van der Waals surface area contributed by atoms with Gasteiger partial charge in [0.2, 0.25) is 0 Å². The maximum Gasteiger partial charge on any atom is 0.306 e. The molecule has 0 saturated carbocycles. The lowest BCUT2D eigenvalue weighted by molar-refractivity contribution is -0.167. The highest BCUT2D eigenvalue weighted by atomic mass is 16.6. The maximum absolute atomic E-state index is 12.8. The van der Waals surface area contributed by atoms with Gasteiger partial charge in [-0.1, -0.05) is 256 Å². The normalized spacial score (nSPS) is 12.3. The van der Waals surface area contributed by atoms with Crippen LogP contribution in [0, 0.1) is 0 Å². The van der Waals surface area contributed by atoms with E-state index >= 15 is 0 Å². The van der Waals surface area contributed by atoms with E-state index < -0.39 is 6.10 Å². The summed E-state index contributed by atoms with van der Waals surface area (Å²) in [7, 11) is 0. The third kappa shape index (κ3) is 56.3. The smallest absolute Gasteiger partial charge is 0.306 e. The summed E-state index contributed by atoms with van der Waals surface area (Å²) in [4.78, 5) is 38.1. The number of ether oxygens (including phenoxy) is 3. The summed E-state index contributed by atoms with van der Waals surface area (Å²) in [5.41, 5.74) is 0. The van der Waals surface area contributed by atoms with E-state index in [1.165, 1.54) is 199 Å². The fourth-order valence-electron chi connectivity index (χ4n) is 8.86. The van der Waals surface area contributed by atoms with Crippen LogP contribution in [0.4, 0.5) is 0 Å². The van der Waals surface area contributed by atoms with E-state index in [1.54, 1.807) is 0 Å². The molecule has 70 heavy (non-hydrogen) atoms. The molecular formula is C64H116O6. The van der Waals surface area contributed by atoms with Gasteiger partial charge in [-0.05, 0) is 96.3 Å². The molecule has 1 atom stereocenters. The highest BCUT2D eigenvalue weighted by Crippen LogP contribution is 2.17. The summed E-state index contributed by atoms with van der Waals surface area (Å²) >= 11 is 0. The minimum Gasteiger partial charge on any atom is -0.462 e. The molecule has 0 aliphatic carbocycles. The topological polar surface area (TPSA) is 78.9 Å². The molecule has 0 amide bonds. The zero-order valence-corrected chi connectivity index (χ0v) is 46.8. The Kier molecular flexibility index (Phi) is 56.7. The fraction of sp³-hybridized carbons (Fsp3) is 0.828. The third-order valence-corrected chi connectivity index (χ3v) is 13.5. The van der Waals surface area contributed by atoms with Crippen molar-refractivity contribution < 1.29 is 28.6 Å². The van der Waals surface area contributed by atoms with E-state index in [0.717, 1.165) is 83.5 Å². The Morgan fingerprint density at radius 3 is 0.871 bits per heavy atom. The highest BCUT2D eigenvalue weighted by molar-refractivity contribution is 5.71. The lowest BCUT2D eigenvalue weighted by Gasteiger charge is -2.18. The van der Waals surface area contributed by atoms with Crippen LogP contribution in [0.5, 0.6) is 0 Å². The third-order valence-electron chi connectivity index (χ3n) is 13.5. The van der Waals surface area contributed by atoms with Gasteiger partial charge >= 0.3 is 17.9 Å². The second kappa shape index (κ2) is 58.9. The zero-order chi connectivity index (χ0) is 50.7. The summed E-state index contributed by atoms with van der Waals surface area (Å²) in [6.45, 7) is 6.58. The molecule has 408 valence electrons. The van der Waals surface area contributed by atoms with Gasteiger partial charge in [0, 0.05) is 19.3 Å². The molecule has 0 aliphatic rings. The van der Waals surface area contributed by atoms with Gasteiger partial charge in [0.05, 0.1) is 0 Å². The van der Waals surface area contributed by atoms with Crippen LogP contribution in [0.2, 0.25) is 0 Å². The Balaban J connectivity index is 4.10. The van der Waals surface area contributed by atoms with Gasteiger partial charge in [0.15, 0.2) is 6.10 Å². The molecule has 0 aliphatic heterocycles. The predicted octanol–water partition coefficient (Wildman–Crippen LogP) is 20.6. The van der Waals surface area contributed by atoms with Gasteiger partial charge in [-0.2, -0.15) is 0 Å². The second-order valence-corrected chi connectivity index (χ2v) is 20.6. The Morgan fingerprint density at radius 2 is 0.529 bits per heavy atom. The van der Waals surface area contributed by atoms with Crippen LogP contribution >= 0.6 is 0 Å². The molecule has 0 heterocycles. The number of carbonyl (C=O) groups is 3. The van der Waals surface area contributed by atoms with Gasteiger partial charge in [0.25, 0.3) is 0 Å². The zero-order valence-electron chi connectivity index (χ0n) is 46.8. The molecule has 0 aromatic heterocycles. The molecule has 0 rings (SSSR count). The number of esters is 3. The van der Waals surface area contributed by atoms with Gasteiger partial charge in [0.1, 0.15) is 13.2 Å². The summed E-state index contributed by atoms with van der Waals surface area (Å²) in [6, 6.07) is 0. The van der Waals surface area contributed by atoms with E-state index in [9.17, 15) is 14.4 Å². The second-order valence-electron chi connectivity index (χ2n) is 20.6. The molecule has 0 aromatic rings. The number of hydrogen-bond acceptors (Lipinski definition) is 6. The molecule has 0 saturated heterocycles. The highest BCUT2D eigenvalue weighted by Gasteiger charge is 2.19. The van der Waals surface area contributed by atoms with Crippen molar-refractivity contribution in [3.63, 3.8) is 0 Å². The monoisotopic (exact) mass is 981 g/mol. The summed E-state index contributed by atoms with van der Waals surface area (Å²) in [5.74, 6) is -0.883. The van der Waals surface area contributed by atoms with Gasteiger partial charge in [-0.15, -0.1) is 0 Å². The average Bonchev–Trinajstić information content (AvgIpc) is 3.36. The SMILES string of the molecule is CCCC/C=C\CCCCCCCC(=O)OCC(COC(=O)CCCCCCCCCCCCCCCCCCC/C=C\C/C=C\CCCCCCC)OC(=O)CCCCCCC/C=C\CCCCC. The first kappa shape index (κ1) is 67.4. The molecule has 0 aromatic carbocycles. The van der Waals surface area contributed by atoms with E-state index in [-0.39, 0.29) is 31.1 Å². The maximum atomic E-state index is 12.8. The fourth-order valence-corrected chi connectivity index (χ4v) is 8.86. The van der Waals surface area contributed by atoms with Crippen molar-refractivity contribution in [3.8, 4) is 0 Å². The Hall–Kier alpha value is -2.63. The van der Waals surface area contributed by atoms with Crippen molar-refractivity contribution in [1.29, 1.82) is 0 Å². The first-order valence-corrected chi connectivity index (χ1v) is 30.6. The summed E-state index contributed by atoms with van der Waals surface area (Å²) < 4.78 is 16.8. The molecule has 0 fully saturated rings. The summed E-state index contributed by atoms with van der Waals surface area (Å²) in [5, 5.41) is 0. The van der Waals surface area contributed by atoms with Crippen LogP contribution in [0.15, 0.2) is 48.6 Å². The van der Waals surface area contributed by atoms with Crippen LogP contribution in [0.1, 0.15) is 323 Å². The Bertz CT molecular complexity index is 1220. The number of carbonyl (C=O) groups excluding carboxylic acids is 3. The molecule has 6 heteroatoms. The first-order valence-electron chi connectivity index (χ1n) is 30.6. The van der Waals surface area contributed by atoms with Crippen molar-refractivity contribution in [2.75, 3.05) is 13.2 Å². The number of hydrogen-bond donors (Lipinski definition) is 0. The standard InChI is InChI=1S/C64H116O6/c1-4-7-10-13-16-19-22-24-25-26-27-28-29-30-31-32-33-34-35-36-37-38-39-40-43-45-48-51-54-57-63(66)69-60-61(59-68-62(65)56-53-50-47-44-41-21-18-15-12-9-6-3)70-64(67)58-55-52-49-46-42-23-20-17-14-11-8-5-2/h15,17-18,20,22,24,26-27,61H,4-14,16,19,21,23,25,28-60H2,1-3H3/b18-15-,20-17-,24-22-,27-26-. The van der Waals surface area contributed by atoms with E-state index in [2.05, 4.69) is 69.4 Å². The van der Waals surface area contributed by atoms with Crippen LogP contribution < -0.4 is 0 Å². The minimum atomic E-state index is -0.778. The van der Waals surface area contributed by atoms with E-state index in [1.807, 2.05) is 0 Å². The lowest BCUT2D eigenvalue weighted by atomic mass is 10.0. The molecule has 0 N–H and O–H groups in total. The molecule has 0 bridgehead atoms. The van der Waals surface area contributed by atoms with Gasteiger partial charge in [-0.3, -0.25) is 14.4 Å². The Morgan fingerprint density at radius 1 is 0.286 bits per heavy atom. The molecule has 6 nitrogen and oxygen atoms in total. The van der Waals surface area contributed by atoms with Crippen LogP contribution in [0.25, 0.3) is 0 Å². The molecule has 0 spiro atoms. The number of unbranched alkanes of at least 4 members (excludes halogenated alkanes) is 37. The molecule has 0 radical (unpaired) electrons. The Labute approximate surface area is 435 Å². The van der Waals surface area contributed by atoms with Crippen LogP contribution in [-0.2, 0) is 28.6 Å². The summed E-state index contributed by atoms with van der Waals surface area (Å²) in [6.07, 6.45) is 72.7. The van der Waals surface area contributed by atoms with Crippen LogP contribution in [-0.4, -0.2) is 37.2 Å². The minimum absolute atomic E-state index is 0.0764. The van der Waals surface area contributed by atoms with Crippen molar-refractivity contribution in [3.05, 3.63) is 48.6 Å². The van der Waals surface area contributed by atoms with Gasteiger partial charge < -0.3 is 14.2 Å². The van der Waals surface area contributed by atoms with E-state index in [0.29, 0.717) is 19.3 Å². The lowest BCUT2D eigenvalue weighted by Crippen LogP contribution is -2.30. The number of allylic oxidation sites excluding steroid dienone is 8. The van der Waals surface area contributed by atoms with Crippen molar-refractivity contribution in [2.45, 2.75) is 329 Å². The van der Waals surface area contributed by atoms with Crippen molar-refractivity contribution in [1.82, 2.24) is 0 Å². The number of rotatable bonds is 56. The first-order chi connectivity index (χ1) is 34.5. The predicted molar refractivity (Wildman–Crippen MR) is 302 cm³/mol. The largest absolute Gasteiger partial charge is 0.462 e. The van der Waals surface area contributed by atoms with Gasteiger partial charge in [-0.25, -0.2) is 0 Å². The van der Waals surface area contributed by atoms with Crippen molar-refractivity contribution in [2.24, 2.45) is 0 Å². The molecule has 1 unspecified atom stereocenters. The quantitative estimate of drug-likeness (QED) is 0.0261. The van der Waals surface area contributed by atoms with Crippen molar-refractivity contribution >= 4 is 17.9 Å². The van der Waals surface area contributed by atoms with E-state index in [4.69, 9.17) is 14.2 Å². The van der Waals surface area contributed by atoms with Crippen LogP contribution in [0.3, 0.4) is 0 Å². The molecular weight excluding hydrogens is 865 g/mol. The average molecular weight is 982 g/mol.